The summed E-state index contributed by atoms with van der Waals surface area (Å²) in [6.07, 6.45) is -5.37. The third-order valence-corrected chi connectivity index (χ3v) is 4.25. The molecule has 1 aliphatic rings. The average Bonchev–Trinajstić information content (AvgIpc) is 2.61. The van der Waals surface area contributed by atoms with Gasteiger partial charge in [-0.15, -0.1) is 0 Å². The molecule has 2 aromatic rings. The van der Waals surface area contributed by atoms with Gasteiger partial charge in [0.1, 0.15) is 11.9 Å². The summed E-state index contributed by atoms with van der Waals surface area (Å²) in [6, 6.07) is 12.3. The van der Waals surface area contributed by atoms with Gasteiger partial charge < -0.3 is 14.8 Å². The van der Waals surface area contributed by atoms with Crippen LogP contribution in [-0.4, -0.2) is 25.8 Å². The number of benzene rings is 2. The molecular formula is C18H17ClF3NO2. The molecule has 1 aliphatic heterocycles. The van der Waals surface area contributed by atoms with Crippen molar-refractivity contribution in [1.29, 1.82) is 0 Å². The molecule has 1 heterocycles. The number of nitrogens with one attached hydrogen (secondary N) is 1. The van der Waals surface area contributed by atoms with Crippen LogP contribution in [-0.2, 0) is 10.9 Å². The molecule has 1 N–H and O–H groups in total. The third kappa shape index (κ3) is 4.45. The van der Waals surface area contributed by atoms with E-state index in [1.807, 2.05) is 30.3 Å². The molecule has 134 valence electrons. The van der Waals surface area contributed by atoms with E-state index < -0.39 is 17.8 Å². The van der Waals surface area contributed by atoms with Crippen LogP contribution >= 0.6 is 11.6 Å². The smallest absolute Gasteiger partial charge is 0.416 e. The standard InChI is InChI=1S/C18H17ClF3NO2/c19-14-7-6-13(18(20,21)22)10-15(14)25-17(12-4-2-1-3-5-12)16-11-23-8-9-24-16/h1-7,10,16-17,23H,8-9,11H2. The van der Waals surface area contributed by atoms with E-state index in [1.54, 1.807) is 0 Å². The minimum atomic E-state index is -4.46. The van der Waals surface area contributed by atoms with Crippen molar-refractivity contribution < 1.29 is 22.6 Å². The number of ether oxygens (including phenoxy) is 2. The molecule has 0 bridgehead atoms. The van der Waals surface area contributed by atoms with Crippen molar-refractivity contribution in [1.82, 2.24) is 5.32 Å². The lowest BCUT2D eigenvalue weighted by molar-refractivity contribution is -0.137. The van der Waals surface area contributed by atoms with E-state index in [4.69, 9.17) is 21.1 Å². The highest BCUT2D eigenvalue weighted by Gasteiger charge is 2.33. The monoisotopic (exact) mass is 371 g/mol. The summed E-state index contributed by atoms with van der Waals surface area (Å²) in [4.78, 5) is 0. The minimum Gasteiger partial charge on any atom is -0.481 e. The molecule has 0 amide bonds. The van der Waals surface area contributed by atoms with Crippen LogP contribution in [0.1, 0.15) is 17.2 Å². The normalized spacial score (nSPS) is 19.4. The topological polar surface area (TPSA) is 30.5 Å². The van der Waals surface area contributed by atoms with Crippen LogP contribution in [0.5, 0.6) is 5.75 Å². The number of rotatable bonds is 4. The van der Waals surface area contributed by atoms with Gasteiger partial charge in [-0.3, -0.25) is 0 Å². The van der Waals surface area contributed by atoms with Crippen molar-refractivity contribution in [2.24, 2.45) is 0 Å². The molecule has 0 aromatic heterocycles. The maximum atomic E-state index is 13.0. The molecule has 2 unspecified atom stereocenters. The van der Waals surface area contributed by atoms with Crippen molar-refractivity contribution in [2.45, 2.75) is 18.4 Å². The highest BCUT2D eigenvalue weighted by atomic mass is 35.5. The van der Waals surface area contributed by atoms with Gasteiger partial charge in [0.15, 0.2) is 6.10 Å². The lowest BCUT2D eigenvalue weighted by atomic mass is 10.0. The predicted molar refractivity (Wildman–Crippen MR) is 88.9 cm³/mol. The fraction of sp³-hybridized carbons (Fsp3) is 0.333. The fourth-order valence-corrected chi connectivity index (χ4v) is 2.85. The first kappa shape index (κ1) is 18.0. The molecule has 1 fully saturated rings. The summed E-state index contributed by atoms with van der Waals surface area (Å²) in [6.45, 7) is 1.77. The highest BCUT2D eigenvalue weighted by molar-refractivity contribution is 6.32. The molecule has 1 saturated heterocycles. The quantitative estimate of drug-likeness (QED) is 0.860. The third-order valence-electron chi connectivity index (χ3n) is 3.93. The second-order valence-electron chi connectivity index (χ2n) is 5.71. The van der Waals surface area contributed by atoms with E-state index in [2.05, 4.69) is 5.32 Å². The second-order valence-corrected chi connectivity index (χ2v) is 6.11. The fourth-order valence-electron chi connectivity index (χ4n) is 2.69. The van der Waals surface area contributed by atoms with Crippen molar-refractivity contribution in [3.63, 3.8) is 0 Å². The molecule has 7 heteroatoms. The molecule has 25 heavy (non-hydrogen) atoms. The minimum absolute atomic E-state index is 0.0143. The summed E-state index contributed by atoms with van der Waals surface area (Å²) >= 11 is 6.07. The molecule has 0 spiro atoms. The summed E-state index contributed by atoms with van der Waals surface area (Å²) < 4.78 is 50.6. The Kier molecular flexibility index (Phi) is 5.51. The van der Waals surface area contributed by atoms with Crippen molar-refractivity contribution in [3.8, 4) is 5.75 Å². The van der Waals surface area contributed by atoms with Crippen LogP contribution < -0.4 is 10.1 Å². The Hall–Kier alpha value is -1.76. The van der Waals surface area contributed by atoms with Gasteiger partial charge in [-0.05, 0) is 23.8 Å². The molecule has 0 radical (unpaired) electrons. The largest absolute Gasteiger partial charge is 0.481 e. The Balaban J connectivity index is 1.92. The number of alkyl halides is 3. The number of morpholine rings is 1. The Labute approximate surface area is 148 Å². The van der Waals surface area contributed by atoms with Crippen LogP contribution in [0.3, 0.4) is 0 Å². The zero-order valence-corrected chi connectivity index (χ0v) is 14.0. The first-order chi connectivity index (χ1) is 11.9. The van der Waals surface area contributed by atoms with E-state index in [1.165, 1.54) is 6.07 Å². The van der Waals surface area contributed by atoms with Crippen LogP contribution in [0, 0.1) is 0 Å². The van der Waals surface area contributed by atoms with E-state index in [0.717, 1.165) is 24.2 Å². The first-order valence-electron chi connectivity index (χ1n) is 7.86. The Morgan fingerprint density at radius 1 is 1.16 bits per heavy atom. The molecular weight excluding hydrogens is 355 g/mol. The van der Waals surface area contributed by atoms with Gasteiger partial charge in [0.2, 0.25) is 0 Å². The van der Waals surface area contributed by atoms with Gasteiger partial charge in [-0.25, -0.2) is 0 Å². The summed E-state index contributed by atoms with van der Waals surface area (Å²) in [5.74, 6) is -0.0143. The van der Waals surface area contributed by atoms with E-state index in [9.17, 15) is 13.2 Å². The lowest BCUT2D eigenvalue weighted by Gasteiger charge is -2.32. The van der Waals surface area contributed by atoms with E-state index in [0.29, 0.717) is 13.2 Å². The van der Waals surface area contributed by atoms with Crippen molar-refractivity contribution in [3.05, 3.63) is 64.7 Å². The molecule has 2 aromatic carbocycles. The Bertz CT molecular complexity index is 703. The van der Waals surface area contributed by atoms with Gasteiger partial charge in [0, 0.05) is 13.1 Å². The predicted octanol–water partition coefficient (Wildman–Crippen LogP) is 4.47. The van der Waals surface area contributed by atoms with Crippen LogP contribution in [0.25, 0.3) is 0 Å². The average molecular weight is 372 g/mol. The SMILES string of the molecule is FC(F)(F)c1ccc(Cl)c(OC(c2ccccc2)C2CNCCO2)c1. The number of hydrogen-bond donors (Lipinski definition) is 1. The summed E-state index contributed by atoms with van der Waals surface area (Å²) in [5, 5.41) is 3.33. The van der Waals surface area contributed by atoms with E-state index >= 15 is 0 Å². The zero-order chi connectivity index (χ0) is 17.9. The van der Waals surface area contributed by atoms with Crippen molar-refractivity contribution >= 4 is 11.6 Å². The molecule has 0 saturated carbocycles. The van der Waals surface area contributed by atoms with Crippen LogP contribution in [0.2, 0.25) is 5.02 Å². The highest BCUT2D eigenvalue weighted by Crippen LogP contribution is 2.37. The maximum Gasteiger partial charge on any atom is 0.416 e. The Morgan fingerprint density at radius 3 is 2.56 bits per heavy atom. The van der Waals surface area contributed by atoms with Gasteiger partial charge in [0.25, 0.3) is 0 Å². The lowest BCUT2D eigenvalue weighted by Crippen LogP contribution is -2.43. The zero-order valence-electron chi connectivity index (χ0n) is 13.2. The molecule has 2 atom stereocenters. The van der Waals surface area contributed by atoms with Crippen molar-refractivity contribution in [2.75, 3.05) is 19.7 Å². The van der Waals surface area contributed by atoms with Gasteiger partial charge >= 0.3 is 6.18 Å². The Morgan fingerprint density at radius 2 is 1.92 bits per heavy atom. The number of hydrogen-bond acceptors (Lipinski definition) is 3. The molecule has 3 nitrogen and oxygen atoms in total. The molecule has 0 aliphatic carbocycles. The number of halogens is 4. The van der Waals surface area contributed by atoms with E-state index in [-0.39, 0.29) is 16.9 Å². The summed E-state index contributed by atoms with van der Waals surface area (Å²) in [5.41, 5.74) is 0.00563. The second kappa shape index (κ2) is 7.64. The maximum absolute atomic E-state index is 13.0. The van der Waals surface area contributed by atoms with Gasteiger partial charge in [-0.1, -0.05) is 41.9 Å². The molecule has 3 rings (SSSR count). The van der Waals surface area contributed by atoms with Crippen LogP contribution in [0.4, 0.5) is 13.2 Å². The van der Waals surface area contributed by atoms with Crippen LogP contribution in [0.15, 0.2) is 48.5 Å². The summed E-state index contributed by atoms with van der Waals surface area (Å²) in [7, 11) is 0. The van der Waals surface area contributed by atoms with Gasteiger partial charge in [-0.2, -0.15) is 13.2 Å². The first-order valence-corrected chi connectivity index (χ1v) is 8.23. The van der Waals surface area contributed by atoms with Gasteiger partial charge in [0.05, 0.1) is 17.2 Å².